The van der Waals surface area contributed by atoms with Gasteiger partial charge in [0.15, 0.2) is 4.80 Å². The van der Waals surface area contributed by atoms with E-state index in [1.165, 1.54) is 29.1 Å². The number of furan rings is 1. The fourth-order valence-corrected chi connectivity index (χ4v) is 5.52. The summed E-state index contributed by atoms with van der Waals surface area (Å²) in [6.45, 7) is 3.68. The molecular weight excluding hydrogens is 506 g/mol. The maximum atomic E-state index is 13.7. The number of thiazole rings is 1. The standard InChI is InChI=1S/C28H23N3O6S/c1-4-20-24(27(33)36-3)25(17-8-6-5-7-9-17)30-26(32)23(38-28(30)29-20)15-18-11-13-22(37-18)19-12-10-16(2)14-21(19)31(34)35/h5-15,25H,4H2,1-3H3/b23-15+/t25-/m0/s1. The Bertz CT molecular complexity index is 1780. The van der Waals surface area contributed by atoms with Gasteiger partial charge in [-0.05, 0) is 42.7 Å². The molecule has 0 bridgehead atoms. The van der Waals surface area contributed by atoms with Crippen LogP contribution in [0.25, 0.3) is 17.4 Å². The summed E-state index contributed by atoms with van der Waals surface area (Å²) < 4.78 is 12.8. The van der Waals surface area contributed by atoms with Crippen LogP contribution in [0.5, 0.6) is 0 Å². The number of nitro groups is 1. The van der Waals surface area contributed by atoms with Crippen molar-refractivity contribution in [2.24, 2.45) is 4.99 Å². The van der Waals surface area contributed by atoms with Gasteiger partial charge in [-0.15, -0.1) is 0 Å². The molecular formula is C28H23N3O6S. The van der Waals surface area contributed by atoms with Crippen molar-refractivity contribution in [2.75, 3.05) is 7.11 Å². The van der Waals surface area contributed by atoms with Crippen LogP contribution in [0.1, 0.15) is 36.3 Å². The number of hydrogen-bond donors (Lipinski definition) is 0. The molecule has 0 aliphatic carbocycles. The highest BCUT2D eigenvalue weighted by Gasteiger charge is 2.33. The van der Waals surface area contributed by atoms with Gasteiger partial charge in [0.1, 0.15) is 11.5 Å². The van der Waals surface area contributed by atoms with Gasteiger partial charge in [0.05, 0.1) is 39.4 Å². The van der Waals surface area contributed by atoms with E-state index in [2.05, 4.69) is 4.99 Å². The second-order valence-corrected chi connectivity index (χ2v) is 9.69. The predicted molar refractivity (Wildman–Crippen MR) is 142 cm³/mol. The molecule has 0 radical (unpaired) electrons. The van der Waals surface area contributed by atoms with E-state index in [1.807, 2.05) is 37.3 Å². The van der Waals surface area contributed by atoms with Crippen molar-refractivity contribution in [1.82, 2.24) is 4.57 Å². The average molecular weight is 530 g/mol. The summed E-state index contributed by atoms with van der Waals surface area (Å²) in [5.74, 6) is 0.141. The second kappa shape index (κ2) is 10.1. The van der Waals surface area contributed by atoms with Crippen LogP contribution in [0.3, 0.4) is 0 Å². The number of allylic oxidation sites excluding steroid dienone is 1. The summed E-state index contributed by atoms with van der Waals surface area (Å²) >= 11 is 1.18. The Kier molecular flexibility index (Phi) is 6.64. The van der Waals surface area contributed by atoms with Crippen molar-refractivity contribution in [2.45, 2.75) is 26.3 Å². The number of methoxy groups -OCH3 is 1. The summed E-state index contributed by atoms with van der Waals surface area (Å²) in [5.41, 5.74) is 2.36. The molecule has 0 unspecified atom stereocenters. The number of benzene rings is 2. The fraction of sp³-hybridized carbons (Fsp3) is 0.179. The number of carbonyl (C=O) groups excluding carboxylic acids is 1. The molecule has 0 saturated carbocycles. The van der Waals surface area contributed by atoms with Crippen LogP contribution >= 0.6 is 11.3 Å². The van der Waals surface area contributed by atoms with Crippen LogP contribution in [-0.2, 0) is 9.53 Å². The lowest BCUT2D eigenvalue weighted by Gasteiger charge is -2.25. The van der Waals surface area contributed by atoms with E-state index in [9.17, 15) is 19.7 Å². The fourth-order valence-electron chi connectivity index (χ4n) is 4.52. The Morgan fingerprint density at radius 2 is 1.97 bits per heavy atom. The number of ether oxygens (including phenoxy) is 1. The van der Waals surface area contributed by atoms with Gasteiger partial charge < -0.3 is 9.15 Å². The summed E-state index contributed by atoms with van der Waals surface area (Å²) in [7, 11) is 1.31. The zero-order valence-corrected chi connectivity index (χ0v) is 21.7. The highest BCUT2D eigenvalue weighted by molar-refractivity contribution is 7.07. The third kappa shape index (κ3) is 4.39. The molecule has 0 fully saturated rings. The normalized spacial score (nSPS) is 15.2. The van der Waals surface area contributed by atoms with Crippen LogP contribution in [0.4, 0.5) is 5.69 Å². The number of aryl methyl sites for hydroxylation is 1. The van der Waals surface area contributed by atoms with Crippen LogP contribution in [0, 0.1) is 17.0 Å². The molecule has 2 aromatic carbocycles. The lowest BCUT2D eigenvalue weighted by atomic mass is 9.95. The first kappa shape index (κ1) is 25.1. The Labute approximate surface area is 220 Å². The predicted octanol–water partition coefficient (Wildman–Crippen LogP) is 4.27. The van der Waals surface area contributed by atoms with Gasteiger partial charge in [0.2, 0.25) is 0 Å². The van der Waals surface area contributed by atoms with Crippen molar-refractivity contribution in [1.29, 1.82) is 0 Å². The van der Waals surface area contributed by atoms with E-state index < -0.39 is 16.9 Å². The number of esters is 1. The first-order chi connectivity index (χ1) is 18.3. The molecule has 9 nitrogen and oxygen atoms in total. The third-order valence-electron chi connectivity index (χ3n) is 6.28. The zero-order chi connectivity index (χ0) is 27.0. The van der Waals surface area contributed by atoms with Gasteiger partial charge in [-0.2, -0.15) is 0 Å². The number of aromatic nitrogens is 1. The molecule has 0 amide bonds. The molecule has 0 saturated heterocycles. The molecule has 1 aliphatic heterocycles. The van der Waals surface area contributed by atoms with Gasteiger partial charge in [-0.1, -0.05) is 54.7 Å². The number of nitrogens with zero attached hydrogens (tertiary/aromatic N) is 3. The highest BCUT2D eigenvalue weighted by atomic mass is 32.1. The Balaban J connectivity index is 1.65. The lowest BCUT2D eigenvalue weighted by molar-refractivity contribution is -0.384. The van der Waals surface area contributed by atoms with Crippen LogP contribution < -0.4 is 14.9 Å². The Morgan fingerprint density at radius 1 is 1.21 bits per heavy atom. The van der Waals surface area contributed by atoms with Crippen molar-refractivity contribution < 1.29 is 18.9 Å². The van der Waals surface area contributed by atoms with Gasteiger partial charge in [0, 0.05) is 12.1 Å². The first-order valence-electron chi connectivity index (χ1n) is 11.9. The molecule has 0 spiro atoms. The molecule has 38 heavy (non-hydrogen) atoms. The SMILES string of the molecule is CCC1=C(C(=O)OC)[C@H](c2ccccc2)n2c(s/c(=C/c3ccc(-c4ccc(C)cc4[N+](=O)[O-])o3)c2=O)=N1. The lowest BCUT2D eigenvalue weighted by Crippen LogP contribution is -2.40. The largest absolute Gasteiger partial charge is 0.466 e. The van der Waals surface area contributed by atoms with E-state index in [-0.39, 0.29) is 11.2 Å². The quantitative estimate of drug-likeness (QED) is 0.209. The molecule has 192 valence electrons. The van der Waals surface area contributed by atoms with E-state index in [4.69, 9.17) is 9.15 Å². The smallest absolute Gasteiger partial charge is 0.338 e. The number of nitro benzene ring substituents is 1. The minimum atomic E-state index is -0.695. The maximum Gasteiger partial charge on any atom is 0.338 e. The average Bonchev–Trinajstić information content (AvgIpc) is 3.51. The van der Waals surface area contributed by atoms with E-state index in [0.717, 1.165) is 11.1 Å². The number of hydrogen-bond acceptors (Lipinski definition) is 8. The summed E-state index contributed by atoms with van der Waals surface area (Å²) in [5, 5.41) is 11.6. The number of carbonyl (C=O) groups is 1. The van der Waals surface area contributed by atoms with Gasteiger partial charge in [-0.3, -0.25) is 19.5 Å². The van der Waals surface area contributed by atoms with Crippen molar-refractivity contribution in [3.8, 4) is 11.3 Å². The molecule has 10 heteroatoms. The van der Waals surface area contributed by atoms with Gasteiger partial charge >= 0.3 is 5.97 Å². The van der Waals surface area contributed by atoms with Gasteiger partial charge in [0.25, 0.3) is 11.2 Å². The summed E-state index contributed by atoms with van der Waals surface area (Å²) in [4.78, 5) is 42.8. The van der Waals surface area contributed by atoms with Crippen LogP contribution in [0.2, 0.25) is 0 Å². The van der Waals surface area contributed by atoms with Crippen LogP contribution in [0.15, 0.2) is 86.1 Å². The molecule has 2 aromatic heterocycles. The summed E-state index contributed by atoms with van der Waals surface area (Å²) in [6.07, 6.45) is 2.07. The van der Waals surface area contributed by atoms with Crippen molar-refractivity contribution >= 4 is 29.1 Å². The molecule has 4 aromatic rings. The molecule has 3 heterocycles. The minimum Gasteiger partial charge on any atom is -0.466 e. The van der Waals surface area contributed by atoms with E-state index in [1.54, 1.807) is 37.3 Å². The second-order valence-electron chi connectivity index (χ2n) is 8.68. The number of fused-ring (bicyclic) bond motifs is 1. The molecule has 1 atom stereocenters. The molecule has 5 rings (SSSR count). The van der Waals surface area contributed by atoms with Crippen molar-refractivity contribution in [3.63, 3.8) is 0 Å². The number of rotatable bonds is 6. The van der Waals surface area contributed by atoms with E-state index >= 15 is 0 Å². The third-order valence-corrected chi connectivity index (χ3v) is 7.26. The maximum absolute atomic E-state index is 13.7. The van der Waals surface area contributed by atoms with E-state index in [0.29, 0.717) is 44.1 Å². The minimum absolute atomic E-state index is 0.0597. The highest BCUT2D eigenvalue weighted by Crippen LogP contribution is 2.33. The van der Waals surface area contributed by atoms with Gasteiger partial charge in [-0.25, -0.2) is 9.79 Å². The topological polar surface area (TPSA) is 117 Å². The Hall–Kier alpha value is -4.57. The van der Waals surface area contributed by atoms with Crippen molar-refractivity contribution in [3.05, 3.63) is 119 Å². The van der Waals surface area contributed by atoms with Crippen LogP contribution in [-0.4, -0.2) is 22.6 Å². The summed E-state index contributed by atoms with van der Waals surface area (Å²) in [6, 6.07) is 16.8. The molecule has 0 N–H and O–H groups in total. The zero-order valence-electron chi connectivity index (χ0n) is 20.8. The Morgan fingerprint density at radius 3 is 2.66 bits per heavy atom. The first-order valence-corrected chi connectivity index (χ1v) is 12.7. The monoisotopic (exact) mass is 529 g/mol. The molecule has 1 aliphatic rings.